The molecule has 0 aliphatic heterocycles. The standard InChI is InChI=1S/C18H18F2N4.HI/c1-2-22-18(23-11-13-4-7-16(19)8-5-13)24-12-15-6-3-14(10-21)9-17(15)20;/h3-9H,2,11-12H2,1H3,(H2,22,23,24);1H. The molecule has 0 aromatic heterocycles. The molecule has 0 bridgehead atoms. The van der Waals surface area contributed by atoms with Gasteiger partial charge < -0.3 is 10.6 Å². The van der Waals surface area contributed by atoms with Gasteiger partial charge in [0.05, 0.1) is 18.2 Å². The first-order chi connectivity index (χ1) is 11.6. The van der Waals surface area contributed by atoms with Crippen LogP contribution in [0.25, 0.3) is 0 Å². The highest BCUT2D eigenvalue weighted by Crippen LogP contribution is 2.09. The first kappa shape index (κ1) is 20.8. The van der Waals surface area contributed by atoms with Gasteiger partial charge in [-0.25, -0.2) is 13.8 Å². The molecule has 2 aromatic carbocycles. The number of rotatable bonds is 5. The Labute approximate surface area is 163 Å². The van der Waals surface area contributed by atoms with Gasteiger partial charge in [-0.1, -0.05) is 18.2 Å². The third kappa shape index (κ3) is 6.66. The van der Waals surface area contributed by atoms with Crippen molar-refractivity contribution >= 4 is 29.9 Å². The molecule has 2 N–H and O–H groups in total. The van der Waals surface area contributed by atoms with E-state index in [1.165, 1.54) is 18.2 Å². The van der Waals surface area contributed by atoms with Gasteiger partial charge in [-0.15, -0.1) is 24.0 Å². The molecule has 0 atom stereocenters. The number of nitrogens with zero attached hydrogens (tertiary/aromatic N) is 2. The third-order valence-electron chi connectivity index (χ3n) is 3.31. The molecule has 0 amide bonds. The number of hydrogen-bond acceptors (Lipinski definition) is 2. The molecular formula is C18H19F2IN4. The highest BCUT2D eigenvalue weighted by atomic mass is 127. The quantitative estimate of drug-likeness (QED) is 0.410. The monoisotopic (exact) mass is 456 g/mol. The summed E-state index contributed by atoms with van der Waals surface area (Å²) in [5.41, 5.74) is 1.60. The molecule has 0 radical (unpaired) electrons. The topological polar surface area (TPSA) is 60.2 Å². The lowest BCUT2D eigenvalue weighted by Crippen LogP contribution is -2.37. The van der Waals surface area contributed by atoms with E-state index in [0.29, 0.717) is 24.6 Å². The SMILES string of the molecule is CCNC(=NCc1ccc(F)cc1)NCc1ccc(C#N)cc1F.I. The van der Waals surface area contributed by atoms with E-state index in [4.69, 9.17) is 5.26 Å². The van der Waals surface area contributed by atoms with Crippen molar-refractivity contribution in [2.24, 2.45) is 4.99 Å². The Hall–Kier alpha value is -2.21. The highest BCUT2D eigenvalue weighted by molar-refractivity contribution is 14.0. The summed E-state index contributed by atoms with van der Waals surface area (Å²) >= 11 is 0. The molecule has 0 aliphatic rings. The summed E-state index contributed by atoms with van der Waals surface area (Å²) in [6.45, 7) is 3.21. The number of aliphatic imine (C=N–C) groups is 1. The van der Waals surface area contributed by atoms with Crippen LogP contribution in [0.3, 0.4) is 0 Å². The summed E-state index contributed by atoms with van der Waals surface area (Å²) in [6, 6.07) is 12.4. The van der Waals surface area contributed by atoms with Crippen LogP contribution in [0.4, 0.5) is 8.78 Å². The minimum atomic E-state index is -0.434. The summed E-state index contributed by atoms with van der Waals surface area (Å²) in [6.07, 6.45) is 0. The van der Waals surface area contributed by atoms with Gasteiger partial charge in [-0.3, -0.25) is 0 Å². The van der Waals surface area contributed by atoms with Crippen LogP contribution in [0.5, 0.6) is 0 Å². The molecule has 2 aromatic rings. The van der Waals surface area contributed by atoms with Gasteiger partial charge in [0.15, 0.2) is 5.96 Å². The lowest BCUT2D eigenvalue weighted by atomic mass is 10.1. The molecule has 0 saturated heterocycles. The first-order valence-corrected chi connectivity index (χ1v) is 7.57. The van der Waals surface area contributed by atoms with Gasteiger partial charge in [0, 0.05) is 18.7 Å². The fourth-order valence-electron chi connectivity index (χ4n) is 2.04. The highest BCUT2D eigenvalue weighted by Gasteiger charge is 2.05. The van der Waals surface area contributed by atoms with Crippen molar-refractivity contribution in [3.8, 4) is 6.07 Å². The molecule has 0 saturated carbocycles. The normalized spacial score (nSPS) is 10.6. The van der Waals surface area contributed by atoms with Gasteiger partial charge in [0.2, 0.25) is 0 Å². The van der Waals surface area contributed by atoms with Crippen molar-refractivity contribution in [2.75, 3.05) is 6.54 Å². The Bertz CT molecular complexity index is 755. The van der Waals surface area contributed by atoms with Crippen LogP contribution in [0, 0.1) is 23.0 Å². The lowest BCUT2D eigenvalue weighted by molar-refractivity contribution is 0.604. The molecule has 0 unspecified atom stereocenters. The Morgan fingerprint density at radius 2 is 1.84 bits per heavy atom. The van der Waals surface area contributed by atoms with Crippen molar-refractivity contribution in [3.05, 3.63) is 70.8 Å². The molecule has 132 valence electrons. The van der Waals surface area contributed by atoms with Gasteiger partial charge in [-0.05, 0) is 36.8 Å². The maximum absolute atomic E-state index is 13.9. The summed E-state index contributed by atoms with van der Waals surface area (Å²) in [5, 5.41) is 14.9. The minimum Gasteiger partial charge on any atom is -0.357 e. The molecule has 0 aliphatic carbocycles. The predicted molar refractivity (Wildman–Crippen MR) is 105 cm³/mol. The zero-order valence-electron chi connectivity index (χ0n) is 13.7. The number of guanidine groups is 1. The molecule has 0 fully saturated rings. The average Bonchev–Trinajstić information content (AvgIpc) is 2.59. The van der Waals surface area contributed by atoms with Crippen LogP contribution >= 0.6 is 24.0 Å². The van der Waals surface area contributed by atoms with Crippen LogP contribution in [0.15, 0.2) is 47.5 Å². The number of hydrogen-bond donors (Lipinski definition) is 2. The number of nitrogens with one attached hydrogen (secondary N) is 2. The summed E-state index contributed by atoms with van der Waals surface area (Å²) in [4.78, 5) is 4.39. The third-order valence-corrected chi connectivity index (χ3v) is 3.31. The molecule has 4 nitrogen and oxygen atoms in total. The van der Waals surface area contributed by atoms with E-state index in [1.54, 1.807) is 24.3 Å². The number of nitriles is 1. The fraction of sp³-hybridized carbons (Fsp3) is 0.222. The number of benzene rings is 2. The summed E-state index contributed by atoms with van der Waals surface area (Å²) < 4.78 is 26.8. The van der Waals surface area contributed by atoms with E-state index in [9.17, 15) is 8.78 Å². The summed E-state index contributed by atoms with van der Waals surface area (Å²) in [5.74, 6) is -0.189. The Morgan fingerprint density at radius 1 is 1.12 bits per heavy atom. The zero-order chi connectivity index (χ0) is 17.4. The zero-order valence-corrected chi connectivity index (χ0v) is 16.1. The van der Waals surface area contributed by atoms with E-state index in [0.717, 1.165) is 5.56 Å². The smallest absolute Gasteiger partial charge is 0.191 e. The van der Waals surface area contributed by atoms with Crippen molar-refractivity contribution in [3.63, 3.8) is 0 Å². The summed E-state index contributed by atoms with van der Waals surface area (Å²) in [7, 11) is 0. The van der Waals surface area contributed by atoms with Crippen molar-refractivity contribution in [2.45, 2.75) is 20.0 Å². The van der Waals surface area contributed by atoms with Crippen LogP contribution in [0.1, 0.15) is 23.6 Å². The second-order valence-electron chi connectivity index (χ2n) is 5.09. The Morgan fingerprint density at radius 3 is 2.44 bits per heavy atom. The first-order valence-electron chi connectivity index (χ1n) is 7.57. The van der Waals surface area contributed by atoms with E-state index in [2.05, 4.69) is 15.6 Å². The molecule has 0 spiro atoms. The van der Waals surface area contributed by atoms with Gasteiger partial charge >= 0.3 is 0 Å². The van der Waals surface area contributed by atoms with Crippen LogP contribution in [0.2, 0.25) is 0 Å². The molecule has 0 heterocycles. The van der Waals surface area contributed by atoms with Gasteiger partial charge in [0.1, 0.15) is 11.6 Å². The maximum Gasteiger partial charge on any atom is 0.191 e. The van der Waals surface area contributed by atoms with Crippen LogP contribution < -0.4 is 10.6 Å². The van der Waals surface area contributed by atoms with Crippen LogP contribution in [-0.4, -0.2) is 12.5 Å². The van der Waals surface area contributed by atoms with E-state index >= 15 is 0 Å². The minimum absolute atomic E-state index is 0. The Kier molecular flexibility index (Phi) is 8.84. The maximum atomic E-state index is 13.9. The van der Waals surface area contributed by atoms with E-state index < -0.39 is 5.82 Å². The van der Waals surface area contributed by atoms with Gasteiger partial charge in [-0.2, -0.15) is 5.26 Å². The second-order valence-corrected chi connectivity index (χ2v) is 5.09. The molecular weight excluding hydrogens is 437 g/mol. The van der Waals surface area contributed by atoms with Crippen LogP contribution in [-0.2, 0) is 13.1 Å². The molecule has 7 heteroatoms. The lowest BCUT2D eigenvalue weighted by Gasteiger charge is -2.12. The van der Waals surface area contributed by atoms with E-state index in [-0.39, 0.29) is 41.9 Å². The predicted octanol–water partition coefficient (Wildman–Crippen LogP) is 3.71. The van der Waals surface area contributed by atoms with Crippen molar-refractivity contribution in [1.82, 2.24) is 10.6 Å². The van der Waals surface area contributed by atoms with E-state index in [1.807, 2.05) is 13.0 Å². The second kappa shape index (κ2) is 10.6. The fourth-order valence-corrected chi connectivity index (χ4v) is 2.04. The van der Waals surface area contributed by atoms with Gasteiger partial charge in [0.25, 0.3) is 0 Å². The molecule has 2 rings (SSSR count). The Balaban J connectivity index is 0.00000312. The van der Waals surface area contributed by atoms with Crippen molar-refractivity contribution < 1.29 is 8.78 Å². The largest absolute Gasteiger partial charge is 0.357 e. The van der Waals surface area contributed by atoms with Crippen molar-refractivity contribution in [1.29, 1.82) is 5.26 Å². The molecule has 25 heavy (non-hydrogen) atoms. The number of halogens is 3. The average molecular weight is 456 g/mol.